The van der Waals surface area contributed by atoms with E-state index in [-0.39, 0.29) is 5.75 Å². The number of benzene rings is 1. The van der Waals surface area contributed by atoms with E-state index in [9.17, 15) is 8.42 Å². The van der Waals surface area contributed by atoms with Gasteiger partial charge in [-0.25, -0.2) is 13.1 Å². The zero-order valence-electron chi connectivity index (χ0n) is 11.3. The minimum absolute atomic E-state index is 0.180. The number of methoxy groups -OCH3 is 1. The molecule has 0 aliphatic rings. The molecule has 108 valence electrons. The molecule has 0 saturated carbocycles. The Morgan fingerprint density at radius 3 is 2.68 bits per heavy atom. The SMILES string of the molecule is CCCCS(=O)(=O)NCCc1ccc(OC)cc1Cl. The summed E-state index contributed by atoms with van der Waals surface area (Å²) in [5, 5.41) is 0.590. The molecule has 1 aromatic rings. The summed E-state index contributed by atoms with van der Waals surface area (Å²) in [6, 6.07) is 5.39. The Bertz CT molecular complexity index is 503. The van der Waals surface area contributed by atoms with E-state index in [1.54, 1.807) is 13.2 Å². The maximum Gasteiger partial charge on any atom is 0.211 e. The number of hydrogen-bond acceptors (Lipinski definition) is 3. The van der Waals surface area contributed by atoms with Crippen LogP contribution in [0.25, 0.3) is 0 Å². The van der Waals surface area contributed by atoms with E-state index >= 15 is 0 Å². The highest BCUT2D eigenvalue weighted by Crippen LogP contribution is 2.22. The number of halogens is 1. The summed E-state index contributed by atoms with van der Waals surface area (Å²) in [5.74, 6) is 0.872. The van der Waals surface area contributed by atoms with Crippen LogP contribution in [0.1, 0.15) is 25.3 Å². The van der Waals surface area contributed by atoms with Gasteiger partial charge in [-0.15, -0.1) is 0 Å². The molecular formula is C13H20ClNO3S. The molecule has 0 amide bonds. The second kappa shape index (κ2) is 7.72. The first-order valence-electron chi connectivity index (χ1n) is 6.28. The van der Waals surface area contributed by atoms with E-state index in [1.165, 1.54) is 0 Å². The summed E-state index contributed by atoms with van der Waals surface area (Å²) in [4.78, 5) is 0. The Balaban J connectivity index is 2.49. The molecule has 0 aromatic heterocycles. The van der Waals surface area contributed by atoms with Gasteiger partial charge >= 0.3 is 0 Å². The van der Waals surface area contributed by atoms with Crippen molar-refractivity contribution in [3.05, 3.63) is 28.8 Å². The monoisotopic (exact) mass is 305 g/mol. The van der Waals surface area contributed by atoms with Crippen LogP contribution in [0.3, 0.4) is 0 Å². The maximum absolute atomic E-state index is 11.6. The van der Waals surface area contributed by atoms with Crippen molar-refractivity contribution in [1.82, 2.24) is 4.72 Å². The van der Waals surface area contributed by atoms with E-state index in [4.69, 9.17) is 16.3 Å². The molecular weight excluding hydrogens is 286 g/mol. The number of unbranched alkanes of at least 4 members (excludes halogenated alkanes) is 1. The second-order valence-electron chi connectivity index (χ2n) is 4.27. The van der Waals surface area contributed by atoms with Gasteiger partial charge in [0.05, 0.1) is 12.9 Å². The lowest BCUT2D eigenvalue weighted by molar-refractivity contribution is 0.414. The molecule has 0 radical (unpaired) electrons. The minimum Gasteiger partial charge on any atom is -0.497 e. The van der Waals surface area contributed by atoms with Gasteiger partial charge in [0, 0.05) is 11.6 Å². The summed E-state index contributed by atoms with van der Waals surface area (Å²) in [6.45, 7) is 2.32. The van der Waals surface area contributed by atoms with Crippen LogP contribution < -0.4 is 9.46 Å². The van der Waals surface area contributed by atoms with Gasteiger partial charge in [-0.2, -0.15) is 0 Å². The lowest BCUT2D eigenvalue weighted by Crippen LogP contribution is -2.28. The summed E-state index contributed by atoms with van der Waals surface area (Å²) in [7, 11) is -1.58. The molecule has 0 aliphatic heterocycles. The zero-order chi connectivity index (χ0) is 14.3. The number of rotatable bonds is 8. The molecule has 0 aliphatic carbocycles. The molecule has 1 aromatic carbocycles. The molecule has 0 bridgehead atoms. The third kappa shape index (κ3) is 5.80. The van der Waals surface area contributed by atoms with Gasteiger partial charge in [-0.3, -0.25) is 0 Å². The summed E-state index contributed by atoms with van der Waals surface area (Å²) >= 11 is 6.08. The minimum atomic E-state index is -3.16. The average Bonchev–Trinajstić information content (AvgIpc) is 2.38. The summed E-state index contributed by atoms with van der Waals surface area (Å²) in [5.41, 5.74) is 0.903. The summed E-state index contributed by atoms with van der Waals surface area (Å²) in [6.07, 6.45) is 2.11. The normalized spacial score (nSPS) is 11.5. The van der Waals surface area contributed by atoms with E-state index < -0.39 is 10.0 Å². The smallest absolute Gasteiger partial charge is 0.211 e. The topological polar surface area (TPSA) is 55.4 Å². The van der Waals surface area contributed by atoms with Gasteiger partial charge in [0.1, 0.15) is 5.75 Å². The third-order valence-corrected chi connectivity index (χ3v) is 4.57. The molecule has 1 rings (SSSR count). The molecule has 1 N–H and O–H groups in total. The number of hydrogen-bond donors (Lipinski definition) is 1. The summed E-state index contributed by atoms with van der Waals surface area (Å²) < 4.78 is 30.8. The van der Waals surface area contributed by atoms with Gasteiger partial charge in [0.2, 0.25) is 10.0 Å². The van der Waals surface area contributed by atoms with Crippen LogP contribution in [-0.2, 0) is 16.4 Å². The fraction of sp³-hybridized carbons (Fsp3) is 0.538. The van der Waals surface area contributed by atoms with Crippen molar-refractivity contribution in [3.63, 3.8) is 0 Å². The Hall–Kier alpha value is -0.780. The number of ether oxygens (including phenoxy) is 1. The van der Waals surface area contributed by atoms with Gasteiger partial charge < -0.3 is 4.74 Å². The predicted octanol–water partition coefficient (Wildman–Crippen LogP) is 2.61. The Morgan fingerprint density at radius 2 is 2.11 bits per heavy atom. The van der Waals surface area contributed by atoms with Crippen LogP contribution >= 0.6 is 11.6 Å². The highest BCUT2D eigenvalue weighted by Gasteiger charge is 2.09. The standard InChI is InChI=1S/C13H20ClNO3S/c1-3-4-9-19(16,17)15-8-7-11-5-6-12(18-2)10-13(11)14/h5-6,10,15H,3-4,7-9H2,1-2H3. The molecule has 0 saturated heterocycles. The first-order chi connectivity index (χ1) is 8.98. The van der Waals surface area contributed by atoms with Crippen molar-refractivity contribution in [2.75, 3.05) is 19.4 Å². The molecule has 0 spiro atoms. The fourth-order valence-corrected chi connectivity index (χ4v) is 3.10. The van der Waals surface area contributed by atoms with Gasteiger partial charge in [0.15, 0.2) is 0 Å². The van der Waals surface area contributed by atoms with Crippen molar-refractivity contribution in [2.45, 2.75) is 26.2 Å². The van der Waals surface area contributed by atoms with E-state index in [0.717, 1.165) is 12.0 Å². The molecule has 19 heavy (non-hydrogen) atoms. The molecule has 4 nitrogen and oxygen atoms in total. The van der Waals surface area contributed by atoms with E-state index in [0.29, 0.717) is 30.2 Å². The first kappa shape index (κ1) is 16.3. The first-order valence-corrected chi connectivity index (χ1v) is 8.31. The Morgan fingerprint density at radius 1 is 1.37 bits per heavy atom. The van der Waals surface area contributed by atoms with Crippen molar-refractivity contribution in [2.24, 2.45) is 0 Å². The second-order valence-corrected chi connectivity index (χ2v) is 6.61. The third-order valence-electron chi connectivity index (χ3n) is 2.74. The highest BCUT2D eigenvalue weighted by atomic mass is 35.5. The Labute approximate surface area is 120 Å². The van der Waals surface area contributed by atoms with Crippen molar-refractivity contribution < 1.29 is 13.2 Å². The molecule has 0 unspecified atom stereocenters. The number of sulfonamides is 1. The predicted molar refractivity (Wildman–Crippen MR) is 78.4 cm³/mol. The maximum atomic E-state index is 11.6. The number of nitrogens with one attached hydrogen (secondary N) is 1. The highest BCUT2D eigenvalue weighted by molar-refractivity contribution is 7.89. The molecule has 0 fully saturated rings. The van der Waals surface area contributed by atoms with Crippen LogP contribution in [0.15, 0.2) is 18.2 Å². The van der Waals surface area contributed by atoms with Crippen LogP contribution in [-0.4, -0.2) is 27.8 Å². The quantitative estimate of drug-likeness (QED) is 0.803. The lowest BCUT2D eigenvalue weighted by Gasteiger charge is -2.08. The fourth-order valence-electron chi connectivity index (χ4n) is 1.61. The van der Waals surface area contributed by atoms with Crippen molar-refractivity contribution in [3.8, 4) is 5.75 Å². The van der Waals surface area contributed by atoms with Crippen LogP contribution in [0, 0.1) is 0 Å². The van der Waals surface area contributed by atoms with Crippen LogP contribution in [0.4, 0.5) is 0 Å². The van der Waals surface area contributed by atoms with Gasteiger partial charge in [0.25, 0.3) is 0 Å². The van der Waals surface area contributed by atoms with Gasteiger partial charge in [-0.05, 0) is 30.5 Å². The zero-order valence-corrected chi connectivity index (χ0v) is 12.9. The van der Waals surface area contributed by atoms with E-state index in [2.05, 4.69) is 4.72 Å². The largest absolute Gasteiger partial charge is 0.497 e. The molecule has 6 heteroatoms. The van der Waals surface area contributed by atoms with Gasteiger partial charge in [-0.1, -0.05) is 31.0 Å². The van der Waals surface area contributed by atoms with Crippen molar-refractivity contribution in [1.29, 1.82) is 0 Å². The van der Waals surface area contributed by atoms with Crippen molar-refractivity contribution >= 4 is 21.6 Å². The van der Waals surface area contributed by atoms with Crippen LogP contribution in [0.2, 0.25) is 5.02 Å². The molecule has 0 heterocycles. The Kier molecular flexibility index (Phi) is 6.62. The van der Waals surface area contributed by atoms with Crippen LogP contribution in [0.5, 0.6) is 5.75 Å². The van der Waals surface area contributed by atoms with E-state index in [1.807, 2.05) is 19.1 Å². The lowest BCUT2D eigenvalue weighted by atomic mass is 10.1. The average molecular weight is 306 g/mol. The molecule has 0 atom stereocenters.